The van der Waals surface area contributed by atoms with E-state index in [0.29, 0.717) is 34.7 Å². The van der Waals surface area contributed by atoms with E-state index in [1.54, 1.807) is 32.2 Å². The molecule has 3 N–H and O–H groups in total. The monoisotopic (exact) mass is 576 g/mol. The molecule has 0 atom stereocenters. The molecule has 0 bridgehead atoms. The highest BCUT2D eigenvalue weighted by Crippen LogP contribution is 2.45. The number of rotatable bonds is 7. The smallest absolute Gasteiger partial charge is 0.330 e. The molecule has 9 nitrogen and oxygen atoms in total. The maximum atomic E-state index is 14.0. The lowest BCUT2D eigenvalue weighted by atomic mass is 10.1. The molecular formula is C29H26Cl2N6O3. The van der Waals surface area contributed by atoms with Crippen LogP contribution in [0, 0.1) is 6.92 Å². The molecule has 0 radical (unpaired) electrons. The van der Waals surface area contributed by atoms with E-state index in [-0.39, 0.29) is 46.4 Å². The number of nitrogens with zero attached hydrogens (tertiary/aromatic N) is 4. The predicted octanol–water partition coefficient (Wildman–Crippen LogP) is 7.04. The second-order valence-electron chi connectivity index (χ2n) is 9.24. The predicted molar refractivity (Wildman–Crippen MR) is 158 cm³/mol. The first-order chi connectivity index (χ1) is 19.3. The fourth-order valence-electron chi connectivity index (χ4n) is 4.39. The molecule has 3 amide bonds. The minimum Gasteiger partial charge on any atom is -0.506 e. The first-order valence-electron chi connectivity index (χ1n) is 12.6. The summed E-state index contributed by atoms with van der Waals surface area (Å²) in [6.45, 7) is 3.81. The van der Waals surface area contributed by atoms with Gasteiger partial charge in [-0.05, 0) is 36.2 Å². The van der Waals surface area contributed by atoms with Gasteiger partial charge in [-0.3, -0.25) is 14.6 Å². The molecule has 1 aromatic heterocycles. The molecule has 0 saturated carbocycles. The Hall–Kier alpha value is -4.34. The number of hydrogen-bond donors (Lipinski definition) is 3. The summed E-state index contributed by atoms with van der Waals surface area (Å²) in [7, 11) is 0. The van der Waals surface area contributed by atoms with Crippen molar-refractivity contribution in [3.05, 3.63) is 93.6 Å². The van der Waals surface area contributed by atoms with Crippen molar-refractivity contribution in [2.45, 2.75) is 33.4 Å². The molecule has 0 fully saturated rings. The summed E-state index contributed by atoms with van der Waals surface area (Å²) in [6.07, 6.45) is 1.97. The number of carbonyl (C=O) groups is 2. The second kappa shape index (κ2) is 11.4. The molecule has 1 aliphatic heterocycles. The number of benzene rings is 3. The van der Waals surface area contributed by atoms with Crippen LogP contribution >= 0.6 is 23.2 Å². The van der Waals surface area contributed by atoms with Crippen molar-refractivity contribution in [1.29, 1.82) is 0 Å². The van der Waals surface area contributed by atoms with E-state index in [1.165, 1.54) is 15.9 Å². The topological polar surface area (TPSA) is 111 Å². The molecule has 0 aliphatic carbocycles. The fourth-order valence-corrected chi connectivity index (χ4v) is 4.94. The normalized spacial score (nSPS) is 12.8. The van der Waals surface area contributed by atoms with Crippen LogP contribution in [0.2, 0.25) is 10.0 Å². The standard InChI is InChI=1S/C29H26Cl2N6O3/c1-3-23(39)33-20-11-7-8-12-21(20)34-28-32-14-19-16-36(26-24(30)17(2)13-22(38)25(26)31)29(40)37(27(19)35-28)15-18-9-5-4-6-10-18/h4-14,38H,3,15-16H2,1-2H3,(H,33,39)(H,32,34,35). The van der Waals surface area contributed by atoms with Crippen molar-refractivity contribution in [2.24, 2.45) is 0 Å². The average molecular weight is 577 g/mol. The van der Waals surface area contributed by atoms with Crippen molar-refractivity contribution in [3.63, 3.8) is 0 Å². The Labute approximate surface area is 241 Å². The number of nitrogens with one attached hydrogen (secondary N) is 2. The largest absolute Gasteiger partial charge is 0.506 e. The Balaban J connectivity index is 1.56. The maximum absolute atomic E-state index is 14.0. The molecule has 0 saturated heterocycles. The highest BCUT2D eigenvalue weighted by atomic mass is 35.5. The second-order valence-corrected chi connectivity index (χ2v) is 10.0. The van der Waals surface area contributed by atoms with E-state index in [4.69, 9.17) is 28.2 Å². The molecule has 3 aromatic carbocycles. The first kappa shape index (κ1) is 27.2. The number of amides is 3. The molecule has 40 heavy (non-hydrogen) atoms. The Morgan fingerprint density at radius 1 is 1.05 bits per heavy atom. The summed E-state index contributed by atoms with van der Waals surface area (Å²) in [6, 6.07) is 17.8. The minimum atomic E-state index is -0.412. The molecule has 1 aliphatic rings. The number of hydrogen-bond acceptors (Lipinski definition) is 6. The summed E-state index contributed by atoms with van der Waals surface area (Å²) in [5, 5.41) is 16.7. The Morgan fingerprint density at radius 3 is 2.48 bits per heavy atom. The molecule has 204 valence electrons. The Bertz CT molecular complexity index is 1570. The van der Waals surface area contributed by atoms with Gasteiger partial charge in [0.2, 0.25) is 11.9 Å². The molecule has 4 aromatic rings. The Kier molecular flexibility index (Phi) is 7.77. The first-order valence-corrected chi connectivity index (χ1v) is 13.3. The van der Waals surface area contributed by atoms with Gasteiger partial charge in [0.25, 0.3) is 0 Å². The van der Waals surface area contributed by atoms with Crippen LogP contribution in [-0.2, 0) is 17.9 Å². The number of carbonyl (C=O) groups excluding carboxylic acids is 2. The Morgan fingerprint density at radius 2 is 1.75 bits per heavy atom. The quantitative estimate of drug-likeness (QED) is 0.217. The van der Waals surface area contributed by atoms with E-state index in [9.17, 15) is 14.7 Å². The summed E-state index contributed by atoms with van der Waals surface area (Å²) >= 11 is 13.1. The molecule has 5 rings (SSSR count). The van der Waals surface area contributed by atoms with Crippen LogP contribution in [0.5, 0.6) is 5.75 Å². The van der Waals surface area contributed by atoms with Gasteiger partial charge in [0, 0.05) is 18.2 Å². The third-order valence-electron chi connectivity index (χ3n) is 6.45. The van der Waals surface area contributed by atoms with Gasteiger partial charge in [0.1, 0.15) is 16.6 Å². The van der Waals surface area contributed by atoms with Crippen LogP contribution in [0.25, 0.3) is 0 Å². The highest BCUT2D eigenvalue weighted by molar-refractivity contribution is 6.41. The number of aromatic nitrogens is 2. The van der Waals surface area contributed by atoms with Gasteiger partial charge in [-0.2, -0.15) is 4.98 Å². The number of halogens is 2. The van der Waals surface area contributed by atoms with Crippen LogP contribution in [0.3, 0.4) is 0 Å². The highest BCUT2D eigenvalue weighted by Gasteiger charge is 2.36. The SMILES string of the molecule is CCC(=O)Nc1ccccc1Nc1ncc2c(n1)N(Cc1ccccc1)C(=O)N(c1c(Cl)c(C)cc(O)c1Cl)C2. The van der Waals surface area contributed by atoms with Gasteiger partial charge < -0.3 is 15.7 Å². The number of para-hydroxylation sites is 2. The number of urea groups is 1. The van der Waals surface area contributed by atoms with Crippen molar-refractivity contribution in [3.8, 4) is 5.75 Å². The van der Waals surface area contributed by atoms with Gasteiger partial charge in [0.15, 0.2) is 0 Å². The summed E-state index contributed by atoms with van der Waals surface area (Å²) in [5.74, 6) is 0.374. The molecule has 0 spiro atoms. The zero-order valence-electron chi connectivity index (χ0n) is 21.8. The van der Waals surface area contributed by atoms with Crippen LogP contribution in [-0.4, -0.2) is 27.0 Å². The van der Waals surface area contributed by atoms with E-state index < -0.39 is 6.03 Å². The number of phenolic OH excluding ortho intramolecular Hbond substituents is 1. The van der Waals surface area contributed by atoms with Crippen molar-refractivity contribution < 1.29 is 14.7 Å². The van der Waals surface area contributed by atoms with Crippen LogP contribution in [0.4, 0.5) is 33.6 Å². The van der Waals surface area contributed by atoms with Gasteiger partial charge >= 0.3 is 6.03 Å². The lowest BCUT2D eigenvalue weighted by molar-refractivity contribution is -0.115. The fraction of sp³-hybridized carbons (Fsp3) is 0.172. The van der Waals surface area contributed by atoms with Crippen molar-refractivity contribution in [1.82, 2.24) is 9.97 Å². The third-order valence-corrected chi connectivity index (χ3v) is 7.30. The van der Waals surface area contributed by atoms with E-state index >= 15 is 0 Å². The number of phenols is 1. The van der Waals surface area contributed by atoms with E-state index in [1.807, 2.05) is 42.5 Å². The summed E-state index contributed by atoms with van der Waals surface area (Å²) in [4.78, 5) is 38.2. The zero-order valence-corrected chi connectivity index (χ0v) is 23.3. The van der Waals surface area contributed by atoms with Gasteiger partial charge in [-0.15, -0.1) is 0 Å². The maximum Gasteiger partial charge on any atom is 0.330 e. The lowest BCUT2D eigenvalue weighted by Crippen LogP contribution is -2.47. The number of aryl methyl sites for hydroxylation is 1. The average Bonchev–Trinajstić information content (AvgIpc) is 2.96. The third kappa shape index (κ3) is 5.38. The van der Waals surface area contributed by atoms with Crippen molar-refractivity contribution >= 4 is 64.0 Å². The van der Waals surface area contributed by atoms with E-state index in [0.717, 1.165) is 5.56 Å². The molecule has 11 heteroatoms. The molecule has 0 unspecified atom stereocenters. The minimum absolute atomic E-state index is 0.0167. The van der Waals surface area contributed by atoms with Gasteiger partial charge in [0.05, 0.1) is 35.2 Å². The van der Waals surface area contributed by atoms with Gasteiger partial charge in [-0.25, -0.2) is 9.78 Å². The van der Waals surface area contributed by atoms with Crippen molar-refractivity contribution in [2.75, 3.05) is 20.4 Å². The molecular weight excluding hydrogens is 551 g/mol. The van der Waals surface area contributed by atoms with Gasteiger partial charge in [-0.1, -0.05) is 72.6 Å². The van der Waals surface area contributed by atoms with Crippen LogP contribution in [0.1, 0.15) is 30.0 Å². The number of fused-ring (bicyclic) bond motifs is 1. The zero-order chi connectivity index (χ0) is 28.4. The van der Waals surface area contributed by atoms with Crippen LogP contribution < -0.4 is 20.4 Å². The number of aromatic hydroxyl groups is 1. The summed E-state index contributed by atoms with van der Waals surface area (Å²) < 4.78 is 0. The van der Waals surface area contributed by atoms with E-state index in [2.05, 4.69) is 15.6 Å². The van der Waals surface area contributed by atoms with Crippen LogP contribution in [0.15, 0.2) is 66.9 Å². The lowest BCUT2D eigenvalue weighted by Gasteiger charge is -2.37. The molecule has 2 heterocycles. The summed E-state index contributed by atoms with van der Waals surface area (Å²) in [5.41, 5.74) is 3.53. The number of anilines is 5.